The average Bonchev–Trinajstić information content (AvgIpc) is 2.46. The third-order valence-electron chi connectivity index (χ3n) is 2.96. The van der Waals surface area contributed by atoms with Crippen molar-refractivity contribution in [2.24, 2.45) is 5.11 Å². The molecule has 0 amide bonds. The molecule has 19 heavy (non-hydrogen) atoms. The van der Waals surface area contributed by atoms with Crippen molar-refractivity contribution in [3.05, 3.63) is 65.0 Å². The summed E-state index contributed by atoms with van der Waals surface area (Å²) < 4.78 is 5.18. The number of benzene rings is 2. The van der Waals surface area contributed by atoms with Crippen LogP contribution in [0.25, 0.3) is 22.1 Å². The smallest absolute Gasteiger partial charge is 0.364 e. The van der Waals surface area contributed by atoms with E-state index in [-0.39, 0.29) is 5.69 Å². The van der Waals surface area contributed by atoms with Crippen molar-refractivity contribution in [1.29, 1.82) is 5.53 Å². The molecule has 0 unspecified atom stereocenters. The molecule has 0 radical (unpaired) electrons. The van der Waals surface area contributed by atoms with Crippen LogP contribution in [-0.4, -0.2) is 0 Å². The molecule has 0 spiro atoms. The summed E-state index contributed by atoms with van der Waals surface area (Å²) in [4.78, 5) is 11.9. The highest BCUT2D eigenvalue weighted by Gasteiger charge is 2.15. The molecule has 1 aromatic heterocycles. The van der Waals surface area contributed by atoms with Gasteiger partial charge < -0.3 is 4.42 Å². The van der Waals surface area contributed by atoms with E-state index in [9.17, 15) is 4.79 Å². The lowest BCUT2D eigenvalue weighted by atomic mass is 10.0. The maximum atomic E-state index is 11.9. The Bertz CT molecular complexity index is 807. The van der Waals surface area contributed by atoms with Gasteiger partial charge in [0, 0.05) is 10.9 Å². The van der Waals surface area contributed by atoms with Gasteiger partial charge in [0.15, 0.2) is 5.69 Å². The maximum Gasteiger partial charge on any atom is 0.364 e. The third-order valence-corrected chi connectivity index (χ3v) is 2.96. The molecule has 4 nitrogen and oxygen atoms in total. The predicted octanol–water partition coefficient (Wildman–Crippen LogP) is 4.12. The third kappa shape index (κ3) is 1.83. The van der Waals surface area contributed by atoms with Crippen LogP contribution in [0.2, 0.25) is 0 Å². The molecule has 3 aromatic rings. The summed E-state index contributed by atoms with van der Waals surface area (Å²) in [5, 5.41) is 4.12. The zero-order chi connectivity index (χ0) is 13.2. The molecule has 1 heterocycles. The second-order valence-electron chi connectivity index (χ2n) is 4.09. The molecule has 92 valence electrons. The Morgan fingerprint density at radius 1 is 0.947 bits per heavy atom. The second-order valence-corrected chi connectivity index (χ2v) is 4.09. The highest BCUT2D eigenvalue weighted by atomic mass is 16.4. The molecule has 0 atom stereocenters. The van der Waals surface area contributed by atoms with E-state index < -0.39 is 5.63 Å². The fourth-order valence-corrected chi connectivity index (χ4v) is 2.14. The van der Waals surface area contributed by atoms with Crippen molar-refractivity contribution in [1.82, 2.24) is 0 Å². The summed E-state index contributed by atoms with van der Waals surface area (Å²) in [6.45, 7) is 0. The van der Waals surface area contributed by atoms with Crippen molar-refractivity contribution >= 4 is 16.7 Å². The van der Waals surface area contributed by atoms with Gasteiger partial charge in [-0.1, -0.05) is 48.5 Å². The molecular weight excluding hydrogens is 240 g/mol. The van der Waals surface area contributed by atoms with Crippen LogP contribution in [0, 0.1) is 5.53 Å². The summed E-state index contributed by atoms with van der Waals surface area (Å²) in [7, 11) is 0. The highest BCUT2D eigenvalue weighted by Crippen LogP contribution is 2.34. The Kier molecular flexibility index (Phi) is 2.68. The number of nitrogens with zero attached hydrogens (tertiary/aromatic N) is 1. The van der Waals surface area contributed by atoms with Gasteiger partial charge in [-0.3, -0.25) is 0 Å². The SMILES string of the molecule is N=Nc1c(-c2ccccc2)c2ccccc2oc1=O. The van der Waals surface area contributed by atoms with E-state index in [0.29, 0.717) is 11.1 Å². The zero-order valence-electron chi connectivity index (χ0n) is 9.96. The van der Waals surface area contributed by atoms with Gasteiger partial charge >= 0.3 is 5.63 Å². The van der Waals surface area contributed by atoms with E-state index >= 15 is 0 Å². The predicted molar refractivity (Wildman–Crippen MR) is 72.7 cm³/mol. The monoisotopic (exact) mass is 250 g/mol. The fraction of sp³-hybridized carbons (Fsp3) is 0. The summed E-state index contributed by atoms with van der Waals surface area (Å²) in [6, 6.07) is 16.7. The summed E-state index contributed by atoms with van der Waals surface area (Å²) in [5.74, 6) is 0. The van der Waals surface area contributed by atoms with Crippen molar-refractivity contribution in [3.8, 4) is 11.1 Å². The Balaban J connectivity index is 2.50. The van der Waals surface area contributed by atoms with Gasteiger partial charge in [0.05, 0.1) is 0 Å². The molecule has 0 saturated heterocycles. The van der Waals surface area contributed by atoms with E-state index in [1.807, 2.05) is 42.5 Å². The molecule has 1 N–H and O–H groups in total. The van der Waals surface area contributed by atoms with Gasteiger partial charge in [-0.25, -0.2) is 10.3 Å². The molecular formula is C15H10N2O2. The fourth-order valence-electron chi connectivity index (χ4n) is 2.14. The minimum absolute atomic E-state index is 0.0323. The van der Waals surface area contributed by atoms with E-state index in [1.165, 1.54) is 0 Å². The minimum atomic E-state index is -0.590. The number of hydrogen-bond acceptors (Lipinski definition) is 4. The number of nitrogens with one attached hydrogen (secondary N) is 1. The average molecular weight is 250 g/mol. The largest absolute Gasteiger partial charge is 0.421 e. The minimum Gasteiger partial charge on any atom is -0.421 e. The number of hydrogen-bond donors (Lipinski definition) is 1. The second kappa shape index (κ2) is 4.49. The molecule has 0 saturated carbocycles. The molecule has 4 heteroatoms. The summed E-state index contributed by atoms with van der Waals surface area (Å²) in [6.07, 6.45) is 0. The molecule has 0 fully saturated rings. The van der Waals surface area contributed by atoms with Crippen molar-refractivity contribution < 1.29 is 4.42 Å². The lowest BCUT2D eigenvalue weighted by Gasteiger charge is -2.07. The van der Waals surface area contributed by atoms with Crippen LogP contribution in [0.3, 0.4) is 0 Å². The first-order valence-corrected chi connectivity index (χ1v) is 5.80. The van der Waals surface area contributed by atoms with Gasteiger partial charge in [0.1, 0.15) is 5.58 Å². The van der Waals surface area contributed by atoms with Crippen molar-refractivity contribution in [2.45, 2.75) is 0 Å². The molecule has 3 rings (SSSR count). The number of para-hydroxylation sites is 1. The number of fused-ring (bicyclic) bond motifs is 1. The molecule has 0 aliphatic rings. The van der Waals surface area contributed by atoms with Crippen LogP contribution < -0.4 is 5.63 Å². The molecule has 0 aliphatic carbocycles. The van der Waals surface area contributed by atoms with E-state index in [1.54, 1.807) is 12.1 Å². The molecule has 2 aromatic carbocycles. The van der Waals surface area contributed by atoms with Gasteiger partial charge in [-0.2, -0.15) is 5.11 Å². The first-order chi connectivity index (χ1) is 9.31. The maximum absolute atomic E-state index is 11.9. The van der Waals surface area contributed by atoms with Gasteiger partial charge in [0.25, 0.3) is 0 Å². The summed E-state index contributed by atoms with van der Waals surface area (Å²) in [5.41, 5.74) is 8.64. The van der Waals surface area contributed by atoms with Crippen LogP contribution in [0.15, 0.2) is 68.9 Å². The zero-order valence-corrected chi connectivity index (χ0v) is 9.96. The van der Waals surface area contributed by atoms with Gasteiger partial charge in [-0.05, 0) is 11.6 Å². The van der Waals surface area contributed by atoms with Crippen LogP contribution in [-0.2, 0) is 0 Å². The van der Waals surface area contributed by atoms with Crippen LogP contribution in [0.5, 0.6) is 0 Å². The first-order valence-electron chi connectivity index (χ1n) is 5.80. The van der Waals surface area contributed by atoms with Gasteiger partial charge in [-0.15, -0.1) is 0 Å². The Morgan fingerprint density at radius 2 is 1.63 bits per heavy atom. The Hall–Kier alpha value is -2.75. The van der Waals surface area contributed by atoms with E-state index in [2.05, 4.69) is 5.11 Å². The van der Waals surface area contributed by atoms with E-state index in [4.69, 9.17) is 9.95 Å². The normalized spacial score (nSPS) is 10.5. The van der Waals surface area contributed by atoms with Crippen LogP contribution >= 0.6 is 0 Å². The first kappa shape index (κ1) is 11.3. The number of rotatable bonds is 2. The van der Waals surface area contributed by atoms with Crippen LogP contribution in [0.4, 0.5) is 5.69 Å². The molecule has 0 aliphatic heterocycles. The highest BCUT2D eigenvalue weighted by molar-refractivity contribution is 5.98. The van der Waals surface area contributed by atoms with Gasteiger partial charge in [0.2, 0.25) is 0 Å². The lowest BCUT2D eigenvalue weighted by Crippen LogP contribution is -2.00. The molecule has 0 bridgehead atoms. The summed E-state index contributed by atoms with van der Waals surface area (Å²) >= 11 is 0. The quantitative estimate of drug-likeness (QED) is 0.549. The topological polar surface area (TPSA) is 66.4 Å². The van der Waals surface area contributed by atoms with Crippen molar-refractivity contribution in [2.75, 3.05) is 0 Å². The van der Waals surface area contributed by atoms with E-state index in [0.717, 1.165) is 10.9 Å². The Labute approximate surface area is 108 Å². The van der Waals surface area contributed by atoms with Crippen molar-refractivity contribution in [3.63, 3.8) is 0 Å². The van der Waals surface area contributed by atoms with Crippen LogP contribution in [0.1, 0.15) is 0 Å². The lowest BCUT2D eigenvalue weighted by molar-refractivity contribution is 0.562. The Morgan fingerprint density at radius 3 is 2.37 bits per heavy atom. The standard InChI is InChI=1S/C15H10N2O2/c16-17-14-13(10-6-2-1-3-7-10)11-8-4-5-9-12(11)19-15(14)18/h1-9,16H.